The number of hydrogen-bond donors (Lipinski definition) is 8. The van der Waals surface area contributed by atoms with Crippen LogP contribution in [0.15, 0.2) is 0 Å². The molecule has 8 nitrogen and oxygen atoms in total. The van der Waals surface area contributed by atoms with E-state index in [9.17, 15) is 19.2 Å². The molecular formula is C61H124O8S4. The molecule has 0 atom stereocenters. The molecule has 0 bridgehead atoms. The maximum Gasteiger partial charge on any atom is 0.185 e. The van der Waals surface area contributed by atoms with Crippen LogP contribution in [-0.4, -0.2) is 67.3 Å². The Labute approximate surface area is 475 Å². The molecule has 0 rings (SSSR count). The van der Waals surface area contributed by atoms with Gasteiger partial charge in [-0.25, -0.2) is 0 Å². The lowest BCUT2D eigenvalue weighted by molar-refractivity contribution is -0.111. The average molecular weight is 1110 g/mol. The standard InChI is InChI=1S/4C14H28OS.C5H12O4/c4*1-2-3-4-5-6-7-8-9-10-11-12-13-14(15)16;6-1-5(2-7,3-8)4-9/h4*2-13H2,1H3,(H,15,16);6-9H,1-4H2. The van der Waals surface area contributed by atoms with Gasteiger partial charge in [0.25, 0.3) is 0 Å². The zero-order valence-corrected chi connectivity index (χ0v) is 52.1. The van der Waals surface area contributed by atoms with Gasteiger partial charge < -0.3 is 20.4 Å². The number of carbonyl (C=O) groups excluding carboxylic acids is 4. The van der Waals surface area contributed by atoms with E-state index in [0.29, 0.717) is 25.7 Å². The second-order valence-electron chi connectivity index (χ2n) is 20.8. The fourth-order valence-electron chi connectivity index (χ4n) is 8.06. The van der Waals surface area contributed by atoms with Crippen molar-refractivity contribution in [3.63, 3.8) is 0 Å². The minimum absolute atomic E-state index is 0.0379. The maximum atomic E-state index is 10.6. The summed E-state index contributed by atoms with van der Waals surface area (Å²) in [5.74, 6) is 0. The van der Waals surface area contributed by atoms with Crippen molar-refractivity contribution in [2.45, 2.75) is 336 Å². The van der Waals surface area contributed by atoms with Crippen molar-refractivity contribution in [1.82, 2.24) is 0 Å². The van der Waals surface area contributed by atoms with E-state index in [1.165, 1.54) is 257 Å². The van der Waals surface area contributed by atoms with Gasteiger partial charge in [0.15, 0.2) is 20.5 Å². The van der Waals surface area contributed by atoms with Crippen molar-refractivity contribution < 1.29 is 39.6 Å². The Balaban J connectivity index is -0.000000267. The molecule has 0 aliphatic rings. The van der Waals surface area contributed by atoms with Gasteiger partial charge in [0.2, 0.25) is 0 Å². The Kier molecular flexibility index (Phi) is 82.9. The van der Waals surface area contributed by atoms with Gasteiger partial charge in [-0.15, -0.1) is 50.5 Å². The normalized spacial score (nSPS) is 10.8. The summed E-state index contributed by atoms with van der Waals surface area (Å²) in [7, 11) is 0. The van der Waals surface area contributed by atoms with Crippen LogP contribution in [0, 0.1) is 5.41 Å². The molecule has 0 aliphatic carbocycles. The Morgan fingerprint density at radius 1 is 0.233 bits per heavy atom. The van der Waals surface area contributed by atoms with Gasteiger partial charge in [-0.3, -0.25) is 19.2 Å². The first kappa shape index (κ1) is 81.8. The molecule has 0 heterocycles. The minimum Gasteiger partial charge on any atom is -0.396 e. The number of carbonyl (C=O) groups is 4. The zero-order chi connectivity index (χ0) is 55.6. The van der Waals surface area contributed by atoms with Gasteiger partial charge in [-0.05, 0) is 25.7 Å². The minimum atomic E-state index is -1.11. The first-order valence-corrected chi connectivity index (χ1v) is 32.4. The molecule has 0 spiro atoms. The third-order valence-electron chi connectivity index (χ3n) is 13.3. The maximum absolute atomic E-state index is 10.6. The molecule has 0 saturated heterocycles. The zero-order valence-electron chi connectivity index (χ0n) is 48.5. The van der Waals surface area contributed by atoms with Crippen LogP contribution < -0.4 is 0 Å². The lowest BCUT2D eigenvalue weighted by Gasteiger charge is -2.23. The van der Waals surface area contributed by atoms with E-state index < -0.39 is 31.8 Å². The molecule has 0 radical (unpaired) electrons. The van der Waals surface area contributed by atoms with Crippen LogP contribution in [0.3, 0.4) is 0 Å². The van der Waals surface area contributed by atoms with Crippen molar-refractivity contribution in [2.75, 3.05) is 26.4 Å². The highest BCUT2D eigenvalue weighted by atomic mass is 32.1. The second kappa shape index (κ2) is 74.0. The van der Waals surface area contributed by atoms with Crippen molar-refractivity contribution in [1.29, 1.82) is 0 Å². The molecular weight excluding hydrogens is 989 g/mol. The van der Waals surface area contributed by atoms with Crippen LogP contribution >= 0.6 is 50.5 Å². The Morgan fingerprint density at radius 2 is 0.342 bits per heavy atom. The lowest BCUT2D eigenvalue weighted by atomic mass is 9.93. The summed E-state index contributed by atoms with van der Waals surface area (Å²) < 4.78 is 0. The molecule has 0 unspecified atom stereocenters. The van der Waals surface area contributed by atoms with Gasteiger partial charge in [-0.2, -0.15) is 0 Å². The molecule has 12 heteroatoms. The monoisotopic (exact) mass is 1110 g/mol. The number of rotatable bonds is 52. The summed E-state index contributed by atoms with van der Waals surface area (Å²) in [4.78, 5) is 42.3. The number of unbranched alkanes of at least 4 members (excludes halogenated alkanes) is 40. The molecule has 0 saturated carbocycles. The second-order valence-corrected chi connectivity index (χ2v) is 22.8. The number of aliphatic hydroxyl groups is 4. The third kappa shape index (κ3) is 86.1. The fourth-order valence-corrected chi connectivity index (χ4v) is 8.69. The van der Waals surface area contributed by atoms with E-state index >= 15 is 0 Å². The highest BCUT2D eigenvalue weighted by Crippen LogP contribution is 2.16. The van der Waals surface area contributed by atoms with Crippen LogP contribution in [-0.2, 0) is 19.2 Å². The Bertz CT molecular complexity index is 917. The smallest absolute Gasteiger partial charge is 0.185 e. The van der Waals surface area contributed by atoms with Crippen molar-refractivity contribution in [3.05, 3.63) is 0 Å². The summed E-state index contributed by atoms with van der Waals surface area (Å²) in [6.07, 6.45) is 61.1. The summed E-state index contributed by atoms with van der Waals surface area (Å²) in [6, 6.07) is 0. The topological polar surface area (TPSA) is 149 Å². The highest BCUT2D eigenvalue weighted by Gasteiger charge is 2.26. The fraction of sp³-hybridized carbons (Fsp3) is 0.934. The number of aliphatic hydroxyl groups excluding tert-OH is 4. The molecule has 0 aromatic heterocycles. The largest absolute Gasteiger partial charge is 0.396 e. The van der Waals surface area contributed by atoms with Crippen molar-refractivity contribution in [3.8, 4) is 0 Å². The number of hydrogen-bond acceptors (Lipinski definition) is 8. The van der Waals surface area contributed by atoms with E-state index in [0.717, 1.165) is 25.7 Å². The van der Waals surface area contributed by atoms with Gasteiger partial charge >= 0.3 is 0 Å². The number of thiol groups is 4. The molecule has 0 fully saturated rings. The lowest BCUT2D eigenvalue weighted by Crippen LogP contribution is -2.37. The van der Waals surface area contributed by atoms with Crippen LogP contribution in [0.2, 0.25) is 0 Å². The van der Waals surface area contributed by atoms with E-state index in [2.05, 4.69) is 78.2 Å². The predicted octanol–water partition coefficient (Wildman–Crippen LogP) is 18.5. The average Bonchev–Trinajstić information content (AvgIpc) is 3.37. The summed E-state index contributed by atoms with van der Waals surface area (Å²) in [6.45, 7) is 7.41. The van der Waals surface area contributed by atoms with Crippen LogP contribution in [0.4, 0.5) is 0 Å². The molecule has 440 valence electrons. The van der Waals surface area contributed by atoms with Crippen molar-refractivity contribution >= 4 is 71.0 Å². The Morgan fingerprint density at radius 3 is 0.425 bits per heavy atom. The molecule has 0 aromatic rings. The quantitative estimate of drug-likeness (QED) is 0.0222. The Hall–Kier alpha value is -0.0800. The molecule has 4 N–H and O–H groups in total. The van der Waals surface area contributed by atoms with Crippen LogP contribution in [0.1, 0.15) is 336 Å². The first-order chi connectivity index (χ1) is 35.3. The molecule has 0 amide bonds. The van der Waals surface area contributed by atoms with Crippen LogP contribution in [0.5, 0.6) is 0 Å². The molecule has 0 aromatic carbocycles. The summed E-state index contributed by atoms with van der Waals surface area (Å²) >= 11 is 15.0. The van der Waals surface area contributed by atoms with E-state index in [4.69, 9.17) is 20.4 Å². The van der Waals surface area contributed by atoms with Gasteiger partial charge in [0, 0.05) is 25.7 Å². The van der Waals surface area contributed by atoms with Gasteiger partial charge in [0.1, 0.15) is 0 Å². The third-order valence-corrected chi connectivity index (χ3v) is 14.2. The van der Waals surface area contributed by atoms with Gasteiger partial charge in [0.05, 0.1) is 31.8 Å². The summed E-state index contributed by atoms with van der Waals surface area (Å²) in [5.41, 5.74) is -1.11. The van der Waals surface area contributed by atoms with Crippen LogP contribution in [0.25, 0.3) is 0 Å². The van der Waals surface area contributed by atoms with E-state index in [1.807, 2.05) is 0 Å². The highest BCUT2D eigenvalue weighted by molar-refractivity contribution is 7.97. The summed E-state index contributed by atoms with van der Waals surface area (Å²) in [5, 5.41) is 34.1. The molecule has 73 heavy (non-hydrogen) atoms. The van der Waals surface area contributed by atoms with Gasteiger partial charge in [-0.1, -0.05) is 285 Å². The van der Waals surface area contributed by atoms with Crippen molar-refractivity contribution in [2.24, 2.45) is 5.41 Å². The van der Waals surface area contributed by atoms with E-state index in [-0.39, 0.29) is 20.5 Å². The molecule has 0 aliphatic heterocycles. The predicted molar refractivity (Wildman–Crippen MR) is 331 cm³/mol. The first-order valence-electron chi connectivity index (χ1n) is 30.6. The SMILES string of the molecule is CCCCCCCCCCCCCC(=O)S.CCCCCCCCCCCCCC(=O)S.CCCCCCCCCCCCCC(=O)S.CCCCCCCCCCCCCC(=O)S.OCC(CO)(CO)CO. The van der Waals surface area contributed by atoms with E-state index in [1.54, 1.807) is 0 Å².